The summed E-state index contributed by atoms with van der Waals surface area (Å²) in [5.74, 6) is 0.556. The minimum absolute atomic E-state index is 0.159. The fourth-order valence-electron chi connectivity index (χ4n) is 5.63. The fraction of sp³-hybridized carbons (Fsp3) is 0.231. The highest BCUT2D eigenvalue weighted by molar-refractivity contribution is 6.08. The van der Waals surface area contributed by atoms with Crippen molar-refractivity contribution in [2.75, 3.05) is 5.32 Å². The summed E-state index contributed by atoms with van der Waals surface area (Å²) in [6.45, 7) is 3.12. The van der Waals surface area contributed by atoms with E-state index in [0.29, 0.717) is 5.92 Å². The molecule has 1 aliphatic carbocycles. The maximum atomic E-state index is 11.3. The molecule has 1 N–H and O–H groups in total. The number of aromatic nitrogens is 1. The van der Waals surface area contributed by atoms with Crippen molar-refractivity contribution in [1.29, 1.82) is 0 Å². The SMILES string of the molecule is CCn1c2ccccc2c2cc(C3Nc4ccc([N+](=O)[O-])cc4C4C=CCC43)ccc21. The van der Waals surface area contributed by atoms with E-state index >= 15 is 0 Å². The van der Waals surface area contributed by atoms with Gasteiger partial charge in [-0.1, -0.05) is 36.4 Å². The molecule has 154 valence electrons. The summed E-state index contributed by atoms with van der Waals surface area (Å²) in [5, 5.41) is 17.6. The largest absolute Gasteiger partial charge is 0.378 e. The second-order valence-electron chi connectivity index (χ2n) is 8.54. The van der Waals surface area contributed by atoms with Crippen molar-refractivity contribution < 1.29 is 4.92 Å². The quantitative estimate of drug-likeness (QED) is 0.237. The number of hydrogen-bond donors (Lipinski definition) is 1. The van der Waals surface area contributed by atoms with Crippen LogP contribution in [0.4, 0.5) is 11.4 Å². The van der Waals surface area contributed by atoms with Gasteiger partial charge < -0.3 is 9.88 Å². The highest BCUT2D eigenvalue weighted by Gasteiger charge is 2.38. The van der Waals surface area contributed by atoms with Crippen LogP contribution in [0.5, 0.6) is 0 Å². The van der Waals surface area contributed by atoms with Crippen LogP contribution in [0.1, 0.15) is 36.4 Å². The zero-order valence-corrected chi connectivity index (χ0v) is 17.3. The molecule has 5 heteroatoms. The van der Waals surface area contributed by atoms with Crippen LogP contribution in [-0.4, -0.2) is 9.49 Å². The molecule has 0 saturated carbocycles. The van der Waals surface area contributed by atoms with E-state index in [1.165, 1.54) is 27.4 Å². The molecule has 0 spiro atoms. The van der Waals surface area contributed by atoms with Crippen LogP contribution >= 0.6 is 0 Å². The normalized spacial score (nSPS) is 21.8. The summed E-state index contributed by atoms with van der Waals surface area (Å²) in [6, 6.07) is 20.8. The first-order chi connectivity index (χ1) is 15.2. The van der Waals surface area contributed by atoms with Gasteiger partial charge in [-0.05, 0) is 54.7 Å². The molecule has 2 heterocycles. The molecule has 3 atom stereocenters. The third kappa shape index (κ3) is 2.62. The van der Waals surface area contributed by atoms with Crippen LogP contribution in [0.3, 0.4) is 0 Å². The van der Waals surface area contributed by atoms with Gasteiger partial charge in [-0.2, -0.15) is 0 Å². The standard InChI is InChI=1S/C26H23N3O2/c1-2-28-24-9-4-3-6-19(24)22-14-16(10-13-25(22)28)26-20-8-5-7-18(20)21-15-17(29(30)31)11-12-23(21)27-26/h3-7,9-15,18,20,26-27H,2,8H2,1H3. The third-order valence-corrected chi connectivity index (χ3v) is 7.03. The van der Waals surface area contributed by atoms with E-state index < -0.39 is 0 Å². The monoisotopic (exact) mass is 409 g/mol. The van der Waals surface area contributed by atoms with E-state index in [0.717, 1.165) is 24.2 Å². The molecule has 31 heavy (non-hydrogen) atoms. The molecule has 1 aliphatic heterocycles. The van der Waals surface area contributed by atoms with Crippen molar-refractivity contribution in [2.24, 2.45) is 5.92 Å². The predicted molar refractivity (Wildman–Crippen MR) is 125 cm³/mol. The van der Waals surface area contributed by atoms with Gasteiger partial charge in [-0.3, -0.25) is 10.1 Å². The maximum Gasteiger partial charge on any atom is 0.269 e. The smallest absolute Gasteiger partial charge is 0.269 e. The molecule has 6 rings (SSSR count). The fourth-order valence-corrected chi connectivity index (χ4v) is 5.63. The molecule has 0 bridgehead atoms. The van der Waals surface area contributed by atoms with Crippen LogP contribution in [0.15, 0.2) is 72.8 Å². The lowest BCUT2D eigenvalue weighted by molar-refractivity contribution is -0.384. The van der Waals surface area contributed by atoms with Gasteiger partial charge in [0.05, 0.1) is 11.0 Å². The zero-order valence-electron chi connectivity index (χ0n) is 17.3. The number of fused-ring (bicyclic) bond motifs is 6. The van der Waals surface area contributed by atoms with Crippen LogP contribution in [-0.2, 0) is 6.54 Å². The van der Waals surface area contributed by atoms with E-state index in [1.807, 2.05) is 6.07 Å². The summed E-state index contributed by atoms with van der Waals surface area (Å²) in [6.07, 6.45) is 5.42. The molecular weight excluding hydrogens is 386 g/mol. The predicted octanol–water partition coefficient (Wildman–Crippen LogP) is 6.55. The van der Waals surface area contributed by atoms with Crippen LogP contribution in [0, 0.1) is 16.0 Å². The Balaban J connectivity index is 1.49. The van der Waals surface area contributed by atoms with Crippen molar-refractivity contribution in [2.45, 2.75) is 31.8 Å². The van der Waals surface area contributed by atoms with Crippen LogP contribution in [0.25, 0.3) is 21.8 Å². The summed E-state index contributed by atoms with van der Waals surface area (Å²) >= 11 is 0. The molecule has 3 unspecified atom stereocenters. The Bertz CT molecular complexity index is 1380. The Labute approximate surface area is 180 Å². The second-order valence-corrected chi connectivity index (χ2v) is 8.54. The molecule has 2 aliphatic rings. The van der Waals surface area contributed by atoms with Crippen molar-refractivity contribution in [3.05, 3.63) is 94.1 Å². The lowest BCUT2D eigenvalue weighted by Crippen LogP contribution is -2.29. The minimum Gasteiger partial charge on any atom is -0.378 e. The van der Waals surface area contributed by atoms with Gasteiger partial charge in [0.15, 0.2) is 0 Å². The van der Waals surface area contributed by atoms with Crippen molar-refractivity contribution in [3.63, 3.8) is 0 Å². The van der Waals surface area contributed by atoms with Gasteiger partial charge in [0.1, 0.15) is 0 Å². The number of benzene rings is 3. The number of nitrogens with one attached hydrogen (secondary N) is 1. The van der Waals surface area contributed by atoms with Crippen molar-refractivity contribution >= 4 is 33.2 Å². The van der Waals surface area contributed by atoms with Gasteiger partial charge >= 0.3 is 0 Å². The number of anilines is 1. The number of aryl methyl sites for hydroxylation is 1. The minimum atomic E-state index is -0.308. The molecule has 5 nitrogen and oxygen atoms in total. The summed E-state index contributed by atoms with van der Waals surface area (Å²) in [7, 11) is 0. The Morgan fingerprint density at radius 1 is 1.06 bits per heavy atom. The first kappa shape index (κ1) is 18.2. The van der Waals surface area contributed by atoms with E-state index in [1.54, 1.807) is 12.1 Å². The molecule has 0 radical (unpaired) electrons. The highest BCUT2D eigenvalue weighted by Crippen LogP contribution is 2.50. The van der Waals surface area contributed by atoms with Gasteiger partial charge in [0.2, 0.25) is 0 Å². The van der Waals surface area contributed by atoms with Crippen LogP contribution < -0.4 is 5.32 Å². The van der Waals surface area contributed by atoms with Gasteiger partial charge in [0, 0.05) is 52.1 Å². The molecule has 1 aromatic heterocycles. The Kier molecular flexibility index (Phi) is 3.93. The number of nitro groups is 1. The number of non-ortho nitro benzene ring substituents is 1. The second kappa shape index (κ2) is 6.71. The summed E-state index contributed by atoms with van der Waals surface area (Å²) in [5.41, 5.74) is 6.00. The Morgan fingerprint density at radius 3 is 2.74 bits per heavy atom. The number of nitrogens with zero attached hydrogens (tertiary/aromatic N) is 2. The van der Waals surface area contributed by atoms with E-state index in [4.69, 9.17) is 0 Å². The summed E-state index contributed by atoms with van der Waals surface area (Å²) < 4.78 is 2.37. The van der Waals surface area contributed by atoms with Gasteiger partial charge in [0.25, 0.3) is 5.69 Å². The number of rotatable bonds is 3. The molecular formula is C26H23N3O2. The number of hydrogen-bond acceptors (Lipinski definition) is 3. The molecule has 4 aromatic rings. The van der Waals surface area contributed by atoms with Crippen molar-refractivity contribution in [3.8, 4) is 0 Å². The van der Waals surface area contributed by atoms with Gasteiger partial charge in [-0.25, -0.2) is 0 Å². The average molecular weight is 409 g/mol. The molecule has 0 amide bonds. The van der Waals surface area contributed by atoms with Crippen molar-refractivity contribution in [1.82, 2.24) is 4.57 Å². The van der Waals surface area contributed by atoms with E-state index in [-0.39, 0.29) is 22.6 Å². The molecule has 3 aromatic carbocycles. The van der Waals surface area contributed by atoms with Crippen LogP contribution in [0.2, 0.25) is 0 Å². The lowest BCUT2D eigenvalue weighted by Gasteiger charge is -2.37. The summed E-state index contributed by atoms with van der Waals surface area (Å²) in [4.78, 5) is 11.0. The zero-order chi connectivity index (χ0) is 21.1. The first-order valence-corrected chi connectivity index (χ1v) is 10.9. The highest BCUT2D eigenvalue weighted by atomic mass is 16.6. The maximum absolute atomic E-state index is 11.3. The first-order valence-electron chi connectivity index (χ1n) is 10.9. The average Bonchev–Trinajstić information content (AvgIpc) is 3.41. The number of nitro benzene ring substituents is 1. The lowest BCUT2D eigenvalue weighted by atomic mass is 9.77. The topological polar surface area (TPSA) is 60.1 Å². The molecule has 0 fully saturated rings. The number of para-hydroxylation sites is 1. The molecule has 0 saturated heterocycles. The Hall–Kier alpha value is -3.60. The number of allylic oxidation sites excluding steroid dienone is 2. The van der Waals surface area contributed by atoms with E-state index in [9.17, 15) is 10.1 Å². The Morgan fingerprint density at radius 2 is 1.90 bits per heavy atom. The van der Waals surface area contributed by atoms with E-state index in [2.05, 4.69) is 71.4 Å². The van der Waals surface area contributed by atoms with Gasteiger partial charge in [-0.15, -0.1) is 0 Å². The third-order valence-electron chi connectivity index (χ3n) is 7.03.